The second-order valence-electron chi connectivity index (χ2n) is 8.77. The van der Waals surface area contributed by atoms with Gasteiger partial charge in [-0.25, -0.2) is 18.5 Å². The molecule has 42 heavy (non-hydrogen) atoms. The van der Waals surface area contributed by atoms with Crippen molar-refractivity contribution in [1.29, 1.82) is 0 Å². The zero-order valence-corrected chi connectivity index (χ0v) is 23.7. The number of hydrogen-bond acceptors (Lipinski definition) is 12. The molecule has 3 aromatic rings. The molecule has 2 aromatic heterocycles. The molecule has 0 saturated carbocycles. The maximum absolute atomic E-state index is 13.2. The fraction of sp³-hybridized carbons (Fsp3) is 0.286. The van der Waals surface area contributed by atoms with E-state index in [1.807, 2.05) is 30.3 Å². The molecule has 6 atom stereocenters. The Kier molecular flexibility index (Phi) is 9.62. The van der Waals surface area contributed by atoms with Crippen molar-refractivity contribution in [2.45, 2.75) is 31.1 Å². The van der Waals surface area contributed by atoms with Crippen LogP contribution < -0.4 is 11.2 Å². The maximum atomic E-state index is 13.2. The minimum Gasteiger partial charge on any atom is -0.387 e. The quantitative estimate of drug-likeness (QED) is 0.150. The molecule has 0 bridgehead atoms. The summed E-state index contributed by atoms with van der Waals surface area (Å²) in [4.78, 5) is 66.0. The number of phosphoric acid groups is 3. The fourth-order valence-corrected chi connectivity index (χ4v) is 6.95. The Morgan fingerprint density at radius 1 is 0.857 bits per heavy atom. The SMILES string of the molecule is O=c1ccn([C@@H]2O[C@H](COP(=O)(O)OP(=O)(O)OP(=O)(O)O)C(O)C2O)c(=O)n1Cc1ccc(-c2ccccc2)cn1. The van der Waals surface area contributed by atoms with Crippen molar-refractivity contribution < 1.29 is 61.4 Å². The summed E-state index contributed by atoms with van der Waals surface area (Å²) < 4.78 is 52.8. The van der Waals surface area contributed by atoms with Gasteiger partial charge >= 0.3 is 29.2 Å². The summed E-state index contributed by atoms with van der Waals surface area (Å²) in [7, 11) is -16.9. The van der Waals surface area contributed by atoms with E-state index in [0.29, 0.717) is 5.69 Å². The zero-order valence-electron chi connectivity index (χ0n) is 21.0. The first kappa shape index (κ1) is 32.3. The number of rotatable bonds is 11. The number of aliphatic hydroxyl groups is 2. The Balaban J connectivity index is 1.47. The largest absolute Gasteiger partial charge is 0.490 e. The van der Waals surface area contributed by atoms with Gasteiger partial charge in [-0.3, -0.25) is 23.4 Å². The zero-order chi connectivity index (χ0) is 30.9. The average Bonchev–Trinajstić information content (AvgIpc) is 3.17. The molecule has 1 saturated heterocycles. The third-order valence-electron chi connectivity index (χ3n) is 5.78. The molecule has 1 aliphatic rings. The van der Waals surface area contributed by atoms with Crippen LogP contribution in [0.5, 0.6) is 0 Å². The molecule has 18 nitrogen and oxygen atoms in total. The van der Waals surface area contributed by atoms with E-state index in [1.54, 1.807) is 18.3 Å². The second kappa shape index (κ2) is 12.5. The van der Waals surface area contributed by atoms with Crippen molar-refractivity contribution in [1.82, 2.24) is 14.1 Å². The standard InChI is InChI=1S/C21H24N3O15P3/c25-17-8-9-23(21(28)24(17)11-15-7-6-14(10-22-15)13-4-2-1-3-5-13)20-19(27)18(26)16(37-20)12-36-41(32,33)39-42(34,35)38-40(29,30)31/h1-10,16,18-20,26-27H,11-12H2,(H,32,33)(H,34,35)(H2,29,30,31)/t16-,18?,19?,20-/m1/s1. The van der Waals surface area contributed by atoms with Crippen molar-refractivity contribution in [2.24, 2.45) is 0 Å². The first-order chi connectivity index (χ1) is 19.6. The van der Waals surface area contributed by atoms with E-state index in [-0.39, 0.29) is 6.54 Å². The number of benzene rings is 1. The summed E-state index contributed by atoms with van der Waals surface area (Å²) >= 11 is 0. The van der Waals surface area contributed by atoms with Gasteiger partial charge in [0.25, 0.3) is 5.56 Å². The summed E-state index contributed by atoms with van der Waals surface area (Å²) in [6.07, 6.45) is -4.36. The lowest BCUT2D eigenvalue weighted by Gasteiger charge is -2.19. The van der Waals surface area contributed by atoms with E-state index in [1.165, 1.54) is 0 Å². The summed E-state index contributed by atoms with van der Waals surface area (Å²) in [5.41, 5.74) is 0.400. The van der Waals surface area contributed by atoms with Gasteiger partial charge in [-0.2, -0.15) is 8.62 Å². The van der Waals surface area contributed by atoms with Crippen molar-refractivity contribution in [3.05, 3.63) is 87.5 Å². The molecule has 3 heterocycles. The van der Waals surface area contributed by atoms with E-state index in [2.05, 4.69) is 18.1 Å². The van der Waals surface area contributed by atoms with Gasteiger partial charge in [0, 0.05) is 24.0 Å². The van der Waals surface area contributed by atoms with Gasteiger partial charge in [-0.1, -0.05) is 36.4 Å². The number of aliphatic hydroxyl groups excluding tert-OH is 2. The Morgan fingerprint density at radius 3 is 2.17 bits per heavy atom. The Hall–Kier alpha value is -2.66. The number of aromatic nitrogens is 3. The van der Waals surface area contributed by atoms with Crippen LogP contribution in [0.4, 0.5) is 0 Å². The van der Waals surface area contributed by atoms with Crippen LogP contribution in [0, 0.1) is 0 Å². The number of ether oxygens (including phenoxy) is 1. The third kappa shape index (κ3) is 8.03. The normalized spacial score (nSPS) is 23.8. The van der Waals surface area contributed by atoms with E-state index in [0.717, 1.165) is 32.5 Å². The van der Waals surface area contributed by atoms with E-state index in [9.17, 15) is 43.3 Å². The summed E-state index contributed by atoms with van der Waals surface area (Å²) in [5.74, 6) is 0. The topological polar surface area (TPSA) is 266 Å². The lowest BCUT2D eigenvalue weighted by atomic mass is 10.1. The molecule has 4 unspecified atom stereocenters. The van der Waals surface area contributed by atoms with Crippen LogP contribution >= 0.6 is 23.5 Å². The lowest BCUT2D eigenvalue weighted by Crippen LogP contribution is -2.43. The molecule has 0 aliphatic carbocycles. The summed E-state index contributed by atoms with van der Waals surface area (Å²) in [5, 5.41) is 20.8. The molecular weight excluding hydrogens is 627 g/mol. The molecule has 6 N–H and O–H groups in total. The van der Waals surface area contributed by atoms with Crippen LogP contribution in [0.15, 0.2) is 70.5 Å². The molecule has 1 aliphatic heterocycles. The molecule has 1 aromatic carbocycles. The van der Waals surface area contributed by atoms with E-state index in [4.69, 9.17) is 14.5 Å². The Bertz CT molecular complexity index is 1670. The second-order valence-corrected chi connectivity index (χ2v) is 13.2. The highest BCUT2D eigenvalue weighted by atomic mass is 31.3. The molecule has 1 fully saturated rings. The average molecular weight is 651 g/mol. The highest BCUT2D eigenvalue weighted by Crippen LogP contribution is 2.66. The van der Waals surface area contributed by atoms with Crippen LogP contribution in [0.25, 0.3) is 11.1 Å². The Morgan fingerprint density at radius 2 is 1.55 bits per heavy atom. The predicted molar refractivity (Wildman–Crippen MR) is 139 cm³/mol. The van der Waals surface area contributed by atoms with Crippen molar-refractivity contribution in [3.63, 3.8) is 0 Å². The highest BCUT2D eigenvalue weighted by Gasteiger charge is 2.47. The fourth-order valence-electron chi connectivity index (χ4n) is 3.92. The first-order valence-corrected chi connectivity index (χ1v) is 16.2. The minimum atomic E-state index is -5.79. The third-order valence-corrected chi connectivity index (χ3v) is 9.58. The predicted octanol–water partition coefficient (Wildman–Crippen LogP) is 0.0828. The van der Waals surface area contributed by atoms with Gasteiger partial charge in [0.2, 0.25) is 0 Å². The molecule has 4 rings (SSSR count). The maximum Gasteiger partial charge on any atom is 0.490 e. The van der Waals surface area contributed by atoms with Crippen LogP contribution in [0.2, 0.25) is 0 Å². The number of hydrogen-bond donors (Lipinski definition) is 6. The molecule has 0 spiro atoms. The lowest BCUT2D eigenvalue weighted by molar-refractivity contribution is -0.0547. The van der Waals surface area contributed by atoms with Gasteiger partial charge in [-0.05, 0) is 11.6 Å². The van der Waals surface area contributed by atoms with Gasteiger partial charge in [0.05, 0.1) is 18.8 Å². The molecule has 0 radical (unpaired) electrons. The first-order valence-electron chi connectivity index (χ1n) is 11.7. The number of nitrogens with zero attached hydrogens (tertiary/aromatic N) is 3. The van der Waals surface area contributed by atoms with Crippen LogP contribution in [-0.4, -0.2) is 68.8 Å². The Labute approximate surface area is 235 Å². The number of pyridine rings is 1. The minimum absolute atomic E-state index is 0.256. The molecule has 228 valence electrons. The van der Waals surface area contributed by atoms with E-state index < -0.39 is 65.9 Å². The molecule has 0 amide bonds. The molecule has 21 heteroatoms. The van der Waals surface area contributed by atoms with Crippen molar-refractivity contribution in [3.8, 4) is 11.1 Å². The van der Waals surface area contributed by atoms with Crippen LogP contribution in [0.1, 0.15) is 11.9 Å². The van der Waals surface area contributed by atoms with Crippen molar-refractivity contribution in [2.75, 3.05) is 6.61 Å². The van der Waals surface area contributed by atoms with Crippen LogP contribution in [-0.2, 0) is 38.1 Å². The van der Waals surface area contributed by atoms with Gasteiger partial charge < -0.3 is 34.5 Å². The van der Waals surface area contributed by atoms with E-state index >= 15 is 0 Å². The number of phosphoric ester groups is 1. The summed E-state index contributed by atoms with van der Waals surface area (Å²) in [6.45, 7) is -1.33. The van der Waals surface area contributed by atoms with Crippen molar-refractivity contribution >= 4 is 23.5 Å². The van der Waals surface area contributed by atoms with Gasteiger partial charge in [0.15, 0.2) is 6.23 Å². The van der Waals surface area contributed by atoms with Gasteiger partial charge in [-0.15, -0.1) is 0 Å². The smallest absolute Gasteiger partial charge is 0.387 e. The highest BCUT2D eigenvalue weighted by molar-refractivity contribution is 7.66. The van der Waals surface area contributed by atoms with Gasteiger partial charge in [0.1, 0.15) is 18.3 Å². The van der Waals surface area contributed by atoms with Crippen LogP contribution in [0.3, 0.4) is 0 Å². The monoisotopic (exact) mass is 651 g/mol. The summed E-state index contributed by atoms with van der Waals surface area (Å²) in [6, 6.07) is 13.7. The molecular formula is C21H24N3O15P3.